The Morgan fingerprint density at radius 3 is 2.41 bits per heavy atom. The van der Waals surface area contributed by atoms with Crippen molar-refractivity contribution in [3.05, 3.63) is 60.7 Å². The van der Waals surface area contributed by atoms with E-state index in [1.165, 1.54) is 5.01 Å². The second kappa shape index (κ2) is 6.22. The van der Waals surface area contributed by atoms with Gasteiger partial charge in [-0.05, 0) is 31.2 Å². The third-order valence-corrected chi connectivity index (χ3v) is 3.37. The van der Waals surface area contributed by atoms with Crippen molar-refractivity contribution in [1.82, 2.24) is 0 Å². The standard InChI is InChI=1S/C17H16N4O/c1-13-16(12-18-19-14-8-4-2-5-9-14)17(22)21(20-13)15-10-6-3-7-11-15/h2-12,16,19H,1H3/b18-12-/t16-/m1/s1. The molecule has 0 saturated carbocycles. The van der Waals surface area contributed by atoms with Crippen LogP contribution in [0, 0.1) is 5.92 Å². The average Bonchev–Trinajstić information content (AvgIpc) is 2.85. The molecule has 0 aromatic heterocycles. The van der Waals surface area contributed by atoms with Gasteiger partial charge in [-0.1, -0.05) is 36.4 Å². The minimum atomic E-state index is -0.434. The number of nitrogens with zero attached hydrogens (tertiary/aromatic N) is 3. The van der Waals surface area contributed by atoms with Crippen molar-refractivity contribution in [2.75, 3.05) is 10.4 Å². The fourth-order valence-electron chi connectivity index (χ4n) is 2.20. The molecule has 1 aliphatic heterocycles. The van der Waals surface area contributed by atoms with E-state index < -0.39 is 5.92 Å². The summed E-state index contributed by atoms with van der Waals surface area (Å²) in [6.45, 7) is 1.83. The molecular formula is C17H16N4O. The zero-order valence-electron chi connectivity index (χ0n) is 12.2. The van der Waals surface area contributed by atoms with Crippen molar-refractivity contribution in [2.24, 2.45) is 16.1 Å². The lowest BCUT2D eigenvalue weighted by molar-refractivity contribution is -0.118. The Balaban J connectivity index is 1.71. The Labute approximate surface area is 129 Å². The minimum Gasteiger partial charge on any atom is -0.279 e. The van der Waals surface area contributed by atoms with E-state index in [4.69, 9.17) is 0 Å². The first-order chi connectivity index (χ1) is 10.8. The van der Waals surface area contributed by atoms with Crippen LogP contribution in [0.4, 0.5) is 11.4 Å². The van der Waals surface area contributed by atoms with Crippen molar-refractivity contribution in [2.45, 2.75) is 6.92 Å². The zero-order valence-corrected chi connectivity index (χ0v) is 12.2. The number of hydrogen-bond donors (Lipinski definition) is 1. The largest absolute Gasteiger partial charge is 0.279 e. The Kier molecular flexibility index (Phi) is 3.96. The summed E-state index contributed by atoms with van der Waals surface area (Å²) < 4.78 is 0. The van der Waals surface area contributed by atoms with Gasteiger partial charge in [-0.25, -0.2) is 0 Å². The van der Waals surface area contributed by atoms with Gasteiger partial charge in [-0.2, -0.15) is 15.2 Å². The van der Waals surface area contributed by atoms with Gasteiger partial charge in [0.1, 0.15) is 5.92 Å². The molecular weight excluding hydrogens is 276 g/mol. The van der Waals surface area contributed by atoms with Crippen molar-refractivity contribution in [1.29, 1.82) is 0 Å². The van der Waals surface area contributed by atoms with Crippen LogP contribution in [-0.4, -0.2) is 17.8 Å². The van der Waals surface area contributed by atoms with E-state index in [0.717, 1.165) is 17.1 Å². The van der Waals surface area contributed by atoms with E-state index in [-0.39, 0.29) is 5.91 Å². The number of hydrazone groups is 2. The Hall–Kier alpha value is -2.95. The van der Waals surface area contributed by atoms with E-state index in [0.29, 0.717) is 0 Å². The van der Waals surface area contributed by atoms with Gasteiger partial charge < -0.3 is 0 Å². The lowest BCUT2D eigenvalue weighted by Crippen LogP contribution is -2.28. The van der Waals surface area contributed by atoms with Gasteiger partial charge in [-0.15, -0.1) is 0 Å². The average molecular weight is 292 g/mol. The summed E-state index contributed by atoms with van der Waals surface area (Å²) in [6.07, 6.45) is 1.59. The SMILES string of the molecule is CC1=NN(c2ccccc2)C(=O)[C@@H]1/C=N\Nc1ccccc1. The minimum absolute atomic E-state index is 0.0951. The van der Waals surface area contributed by atoms with Crippen LogP contribution in [0.3, 0.4) is 0 Å². The number of carbonyl (C=O) groups is 1. The fourth-order valence-corrected chi connectivity index (χ4v) is 2.20. The fraction of sp³-hybridized carbons (Fsp3) is 0.118. The molecule has 2 aromatic carbocycles. The first-order valence-corrected chi connectivity index (χ1v) is 7.04. The molecule has 0 unspecified atom stereocenters. The number of nitrogens with one attached hydrogen (secondary N) is 1. The smallest absolute Gasteiger partial charge is 0.261 e. The van der Waals surface area contributed by atoms with Crippen LogP contribution < -0.4 is 10.4 Å². The third kappa shape index (κ3) is 2.88. The Morgan fingerprint density at radius 1 is 1.09 bits per heavy atom. The number of rotatable bonds is 4. The van der Waals surface area contributed by atoms with E-state index in [2.05, 4.69) is 15.6 Å². The van der Waals surface area contributed by atoms with Crippen LogP contribution in [0.25, 0.3) is 0 Å². The Bertz CT molecular complexity index is 710. The highest BCUT2D eigenvalue weighted by atomic mass is 16.2. The monoisotopic (exact) mass is 292 g/mol. The molecule has 5 heteroatoms. The highest BCUT2D eigenvalue weighted by Crippen LogP contribution is 2.22. The molecule has 0 spiro atoms. The lowest BCUT2D eigenvalue weighted by Gasteiger charge is -2.12. The van der Waals surface area contributed by atoms with Crippen LogP contribution in [0.1, 0.15) is 6.92 Å². The first-order valence-electron chi connectivity index (χ1n) is 7.04. The maximum atomic E-state index is 12.5. The normalized spacial score (nSPS) is 17.9. The van der Waals surface area contributed by atoms with Gasteiger partial charge in [0.2, 0.25) is 0 Å². The topological polar surface area (TPSA) is 57.1 Å². The van der Waals surface area contributed by atoms with Crippen molar-refractivity contribution < 1.29 is 4.79 Å². The summed E-state index contributed by atoms with van der Waals surface area (Å²) >= 11 is 0. The predicted octanol–water partition coefficient (Wildman–Crippen LogP) is 3.12. The van der Waals surface area contributed by atoms with Gasteiger partial charge in [0.15, 0.2) is 0 Å². The highest BCUT2D eigenvalue weighted by molar-refractivity contribution is 6.23. The second-order valence-corrected chi connectivity index (χ2v) is 4.96. The van der Waals surface area contributed by atoms with Crippen molar-refractivity contribution in [3.8, 4) is 0 Å². The van der Waals surface area contributed by atoms with Gasteiger partial charge in [0, 0.05) is 6.21 Å². The second-order valence-electron chi connectivity index (χ2n) is 4.96. The van der Waals surface area contributed by atoms with E-state index in [9.17, 15) is 4.79 Å². The number of benzene rings is 2. The molecule has 1 N–H and O–H groups in total. The quantitative estimate of drug-likeness (QED) is 0.695. The van der Waals surface area contributed by atoms with Crippen LogP contribution in [0.15, 0.2) is 70.9 Å². The Morgan fingerprint density at radius 2 is 1.73 bits per heavy atom. The molecule has 2 aromatic rings. The number of anilines is 2. The molecule has 0 radical (unpaired) electrons. The lowest BCUT2D eigenvalue weighted by atomic mass is 10.1. The zero-order chi connectivity index (χ0) is 15.4. The summed E-state index contributed by atoms with van der Waals surface area (Å²) in [5, 5.41) is 9.90. The third-order valence-electron chi connectivity index (χ3n) is 3.37. The summed E-state index contributed by atoms with van der Waals surface area (Å²) in [5.41, 5.74) is 5.28. The van der Waals surface area contributed by atoms with E-state index in [1.54, 1.807) is 6.21 Å². The maximum absolute atomic E-state index is 12.5. The highest BCUT2D eigenvalue weighted by Gasteiger charge is 2.33. The number of amides is 1. The van der Waals surface area contributed by atoms with Crippen LogP contribution in [0.2, 0.25) is 0 Å². The number of carbonyl (C=O) groups excluding carboxylic acids is 1. The van der Waals surface area contributed by atoms with Gasteiger partial charge in [-0.3, -0.25) is 10.2 Å². The molecule has 1 amide bonds. The van der Waals surface area contributed by atoms with Gasteiger partial charge in [0.05, 0.1) is 17.1 Å². The molecule has 1 aliphatic rings. The maximum Gasteiger partial charge on any atom is 0.261 e. The molecule has 22 heavy (non-hydrogen) atoms. The van der Waals surface area contributed by atoms with Crippen LogP contribution >= 0.6 is 0 Å². The molecule has 1 atom stereocenters. The molecule has 5 nitrogen and oxygen atoms in total. The van der Waals surface area contributed by atoms with E-state index in [1.807, 2.05) is 67.6 Å². The summed E-state index contributed by atoms with van der Waals surface area (Å²) in [6, 6.07) is 19.0. The summed E-state index contributed by atoms with van der Waals surface area (Å²) in [5.74, 6) is -0.529. The summed E-state index contributed by atoms with van der Waals surface area (Å²) in [7, 11) is 0. The molecule has 110 valence electrons. The van der Waals surface area contributed by atoms with Crippen LogP contribution in [0.5, 0.6) is 0 Å². The summed E-state index contributed by atoms with van der Waals surface area (Å²) in [4.78, 5) is 12.5. The molecule has 0 saturated heterocycles. The number of hydrogen-bond acceptors (Lipinski definition) is 4. The molecule has 3 rings (SSSR count). The van der Waals surface area contributed by atoms with E-state index >= 15 is 0 Å². The van der Waals surface area contributed by atoms with Crippen molar-refractivity contribution >= 4 is 29.2 Å². The van der Waals surface area contributed by atoms with Crippen molar-refractivity contribution in [3.63, 3.8) is 0 Å². The van der Waals surface area contributed by atoms with Gasteiger partial charge in [0.25, 0.3) is 5.91 Å². The molecule has 0 fully saturated rings. The molecule has 0 bridgehead atoms. The first kappa shape index (κ1) is 14.0. The molecule has 0 aliphatic carbocycles. The van der Waals surface area contributed by atoms with Gasteiger partial charge >= 0.3 is 0 Å². The molecule has 1 heterocycles. The number of para-hydroxylation sites is 2. The predicted molar refractivity (Wildman–Crippen MR) is 89.1 cm³/mol. The van der Waals surface area contributed by atoms with Crippen LogP contribution in [-0.2, 0) is 4.79 Å².